The third-order valence-electron chi connectivity index (χ3n) is 11.4. The summed E-state index contributed by atoms with van der Waals surface area (Å²) in [5.74, 6) is 1.03. The minimum Gasteiger partial charge on any atom is -0.354 e. The highest BCUT2D eigenvalue weighted by Gasteiger charge is 2.35. The molecule has 0 aliphatic heterocycles. The second-order valence-corrected chi connectivity index (χ2v) is 20.1. The van der Waals surface area contributed by atoms with Crippen molar-refractivity contribution in [3.63, 3.8) is 0 Å². The van der Waals surface area contributed by atoms with E-state index in [-0.39, 0.29) is 30.9 Å². The van der Waals surface area contributed by atoms with E-state index in [2.05, 4.69) is 110 Å². The Labute approximate surface area is 331 Å². The molecule has 0 amide bonds. The summed E-state index contributed by atoms with van der Waals surface area (Å²) >= 11 is 0. The summed E-state index contributed by atoms with van der Waals surface area (Å²) < 4.78 is 0. The normalized spacial score (nSPS) is 16.7. The first-order chi connectivity index (χ1) is 24.6. The molecule has 2 N–H and O–H groups in total. The number of aliphatic imine (C=N–C) groups is 1. The van der Waals surface area contributed by atoms with Gasteiger partial charge in [0.1, 0.15) is 0 Å². The van der Waals surface area contributed by atoms with Crippen LogP contribution in [0.15, 0.2) is 77.8 Å². The SMILES string of the molecule is CCCC[P+](CCCC)(CCCC)Cc1ccc(/C=C/[C@H](Cc2ccc3ccccc3c2)NC(=NC2CCCCC2)NC2CCCCC2)cc1.Cl.Cl. The van der Waals surface area contributed by atoms with Crippen LogP contribution in [0.1, 0.15) is 140 Å². The predicted octanol–water partition coefficient (Wildman–Crippen LogP) is 13.4. The van der Waals surface area contributed by atoms with Crippen molar-refractivity contribution in [1.29, 1.82) is 0 Å². The molecule has 0 saturated heterocycles. The third-order valence-corrected chi connectivity index (χ3v) is 16.2. The van der Waals surface area contributed by atoms with E-state index in [1.54, 1.807) is 5.56 Å². The standard InChI is InChI=1S/C46H69N3P.2ClH/c1-4-7-32-50(33-8-5-2,34-9-6-3)37-39-26-24-38(25-27-39)29-31-45(36-40-28-30-41-18-16-17-19-42(41)35-40)49-46(47-43-20-12-10-13-21-43)48-44-22-14-11-15-23-44;;/h16-19,24-31,35,43-45H,4-15,20-23,32-34,36-37H2,1-3H3,(H2,47,48,49);2*1H/q+1;;/b31-29+;;/t45-;;/m1../s1. The van der Waals surface area contributed by atoms with Crippen LogP contribution in [0, 0.1) is 0 Å². The molecule has 6 heteroatoms. The lowest BCUT2D eigenvalue weighted by molar-refractivity contribution is 0.403. The molecule has 5 rings (SSSR count). The first-order valence-electron chi connectivity index (χ1n) is 20.8. The van der Waals surface area contributed by atoms with Gasteiger partial charge < -0.3 is 10.6 Å². The van der Waals surface area contributed by atoms with Gasteiger partial charge in [-0.25, -0.2) is 4.99 Å². The molecule has 2 saturated carbocycles. The van der Waals surface area contributed by atoms with Crippen LogP contribution < -0.4 is 10.6 Å². The summed E-state index contributed by atoms with van der Waals surface area (Å²) in [6.45, 7) is 7.11. The van der Waals surface area contributed by atoms with Gasteiger partial charge in [0, 0.05) is 13.3 Å². The molecule has 0 radical (unpaired) electrons. The number of fused-ring (bicyclic) bond motifs is 1. The van der Waals surface area contributed by atoms with Crippen molar-refractivity contribution in [3.05, 3.63) is 89.5 Å². The van der Waals surface area contributed by atoms with E-state index in [1.807, 2.05) is 0 Å². The molecule has 52 heavy (non-hydrogen) atoms. The van der Waals surface area contributed by atoms with Crippen LogP contribution in [0.25, 0.3) is 16.8 Å². The van der Waals surface area contributed by atoms with E-state index in [0.29, 0.717) is 12.1 Å². The Morgan fingerprint density at radius 1 is 0.712 bits per heavy atom. The van der Waals surface area contributed by atoms with Crippen molar-refractivity contribution in [3.8, 4) is 0 Å². The molecule has 288 valence electrons. The number of guanidine groups is 1. The van der Waals surface area contributed by atoms with Gasteiger partial charge in [-0.2, -0.15) is 0 Å². The van der Waals surface area contributed by atoms with E-state index < -0.39 is 7.26 Å². The Hall–Kier alpha value is -2.06. The number of rotatable bonds is 18. The maximum absolute atomic E-state index is 5.39. The number of nitrogens with one attached hydrogen (secondary N) is 2. The van der Waals surface area contributed by atoms with E-state index in [0.717, 1.165) is 12.4 Å². The van der Waals surface area contributed by atoms with E-state index >= 15 is 0 Å². The fourth-order valence-corrected chi connectivity index (χ4v) is 13.4. The van der Waals surface area contributed by atoms with Crippen molar-refractivity contribution in [1.82, 2.24) is 10.6 Å². The van der Waals surface area contributed by atoms with Gasteiger partial charge in [-0.3, -0.25) is 0 Å². The minimum atomic E-state index is -0.966. The van der Waals surface area contributed by atoms with Gasteiger partial charge in [-0.05, 0) is 78.8 Å². The van der Waals surface area contributed by atoms with Crippen LogP contribution >= 0.6 is 32.1 Å². The molecule has 0 bridgehead atoms. The highest BCUT2D eigenvalue weighted by Crippen LogP contribution is 2.63. The average Bonchev–Trinajstić information content (AvgIpc) is 3.15. The zero-order chi connectivity index (χ0) is 34.9. The number of halogens is 2. The highest BCUT2D eigenvalue weighted by molar-refractivity contribution is 7.75. The summed E-state index contributed by atoms with van der Waals surface area (Å²) in [6, 6.07) is 26.5. The zero-order valence-electron chi connectivity index (χ0n) is 32.8. The summed E-state index contributed by atoms with van der Waals surface area (Å²) in [4.78, 5) is 5.39. The van der Waals surface area contributed by atoms with Crippen LogP contribution in [0.2, 0.25) is 0 Å². The lowest BCUT2D eigenvalue weighted by Gasteiger charge is -2.29. The maximum atomic E-state index is 5.39. The summed E-state index contributed by atoms with van der Waals surface area (Å²) in [5, 5.41) is 10.5. The van der Waals surface area contributed by atoms with Crippen molar-refractivity contribution in [2.24, 2.45) is 4.99 Å². The van der Waals surface area contributed by atoms with E-state index in [1.165, 1.54) is 149 Å². The Bertz CT molecular complexity index is 1440. The number of unbranched alkanes of at least 4 members (excludes halogenated alkanes) is 3. The Balaban J connectivity index is 0.00000364. The lowest BCUT2D eigenvalue weighted by atomic mass is 9.95. The van der Waals surface area contributed by atoms with Gasteiger partial charge in [0.2, 0.25) is 0 Å². The molecule has 0 aromatic heterocycles. The number of hydrogen-bond acceptors (Lipinski definition) is 1. The van der Waals surface area contributed by atoms with Crippen LogP contribution in [0.4, 0.5) is 0 Å². The fraction of sp³-hybridized carbons (Fsp3) is 0.587. The van der Waals surface area contributed by atoms with Crippen molar-refractivity contribution < 1.29 is 0 Å². The fourth-order valence-electron chi connectivity index (χ4n) is 8.31. The van der Waals surface area contributed by atoms with Crippen LogP contribution in [0.5, 0.6) is 0 Å². The Morgan fingerprint density at radius 3 is 1.90 bits per heavy atom. The largest absolute Gasteiger partial charge is 0.354 e. The predicted molar refractivity (Wildman–Crippen MR) is 239 cm³/mol. The molecule has 0 spiro atoms. The molecule has 2 aliphatic carbocycles. The summed E-state index contributed by atoms with van der Waals surface area (Å²) in [7, 11) is -0.966. The molecular formula is C46H71Cl2N3P+. The van der Waals surface area contributed by atoms with Crippen LogP contribution in [-0.2, 0) is 12.6 Å². The van der Waals surface area contributed by atoms with E-state index in [9.17, 15) is 0 Å². The van der Waals surface area contributed by atoms with Gasteiger partial charge in [0.05, 0.1) is 36.7 Å². The second kappa shape index (κ2) is 24.4. The molecular weight excluding hydrogens is 696 g/mol. The number of nitrogens with zero attached hydrogens (tertiary/aromatic N) is 1. The first-order valence-corrected chi connectivity index (χ1v) is 23.3. The molecule has 3 aromatic rings. The maximum Gasteiger partial charge on any atom is 0.192 e. The van der Waals surface area contributed by atoms with Crippen molar-refractivity contribution in [2.75, 3.05) is 18.5 Å². The van der Waals surface area contributed by atoms with Crippen LogP contribution in [0.3, 0.4) is 0 Å². The lowest BCUT2D eigenvalue weighted by Crippen LogP contribution is -2.48. The van der Waals surface area contributed by atoms with Crippen molar-refractivity contribution >= 4 is 54.9 Å². The van der Waals surface area contributed by atoms with E-state index in [4.69, 9.17) is 4.99 Å². The Kier molecular flexibility index (Phi) is 20.8. The molecule has 0 unspecified atom stereocenters. The number of benzene rings is 3. The van der Waals surface area contributed by atoms with Gasteiger partial charge in [0.15, 0.2) is 5.96 Å². The summed E-state index contributed by atoms with van der Waals surface area (Å²) in [5.41, 5.74) is 4.22. The van der Waals surface area contributed by atoms with Gasteiger partial charge in [-0.1, -0.05) is 157 Å². The molecule has 2 fully saturated rings. The molecule has 0 heterocycles. The van der Waals surface area contributed by atoms with Crippen LogP contribution in [-0.4, -0.2) is 42.6 Å². The minimum absolute atomic E-state index is 0. The quantitative estimate of drug-likeness (QED) is 0.0768. The molecule has 3 nitrogen and oxygen atoms in total. The number of hydrogen-bond donors (Lipinski definition) is 2. The first kappa shape index (κ1) is 44.3. The molecule has 2 aliphatic rings. The van der Waals surface area contributed by atoms with Gasteiger partial charge in [0.25, 0.3) is 0 Å². The average molecular weight is 768 g/mol. The molecule has 3 aromatic carbocycles. The topological polar surface area (TPSA) is 36.4 Å². The third kappa shape index (κ3) is 14.6. The Morgan fingerprint density at radius 2 is 1.29 bits per heavy atom. The zero-order valence-corrected chi connectivity index (χ0v) is 35.3. The smallest absolute Gasteiger partial charge is 0.192 e. The van der Waals surface area contributed by atoms with Gasteiger partial charge >= 0.3 is 0 Å². The second-order valence-electron chi connectivity index (χ2n) is 15.7. The van der Waals surface area contributed by atoms with Crippen molar-refractivity contribution in [2.45, 2.75) is 154 Å². The molecule has 1 atom stereocenters. The highest BCUT2D eigenvalue weighted by atomic mass is 35.5. The summed E-state index contributed by atoms with van der Waals surface area (Å²) in [6.07, 6.45) is 32.5. The monoisotopic (exact) mass is 766 g/mol. The van der Waals surface area contributed by atoms with Gasteiger partial charge in [-0.15, -0.1) is 24.8 Å².